The van der Waals surface area contributed by atoms with E-state index in [4.69, 9.17) is 4.74 Å². The van der Waals surface area contributed by atoms with Crippen LogP contribution in [0.1, 0.15) is 12.5 Å². The molecule has 0 spiro atoms. The van der Waals surface area contributed by atoms with E-state index in [0.717, 1.165) is 17.0 Å². The molecule has 0 saturated carbocycles. The van der Waals surface area contributed by atoms with Crippen LogP contribution in [0, 0.1) is 0 Å². The van der Waals surface area contributed by atoms with E-state index in [-0.39, 0.29) is 23.2 Å². The summed E-state index contributed by atoms with van der Waals surface area (Å²) >= 11 is 1.22. The van der Waals surface area contributed by atoms with Crippen LogP contribution in [0.3, 0.4) is 0 Å². The lowest BCUT2D eigenvalue weighted by Gasteiger charge is -2.11. The van der Waals surface area contributed by atoms with Gasteiger partial charge in [-0.3, -0.25) is 9.36 Å². The van der Waals surface area contributed by atoms with Gasteiger partial charge in [0.1, 0.15) is 17.2 Å². The van der Waals surface area contributed by atoms with Gasteiger partial charge in [-0.25, -0.2) is 5.43 Å². The van der Waals surface area contributed by atoms with Crippen LogP contribution < -0.4 is 10.2 Å². The van der Waals surface area contributed by atoms with Crippen molar-refractivity contribution in [3.05, 3.63) is 78.4 Å². The highest BCUT2D eigenvalue weighted by atomic mass is 32.2. The third-order valence-electron chi connectivity index (χ3n) is 4.81. The first-order valence-corrected chi connectivity index (χ1v) is 11.7. The molecule has 1 heterocycles. The minimum absolute atomic E-state index is 0.0445. The lowest BCUT2D eigenvalue weighted by Crippen LogP contribution is -2.20. The number of carbonyl (C=O) groups excluding carboxylic acids is 1. The summed E-state index contributed by atoms with van der Waals surface area (Å²) in [5.74, 6) is 0.895. The fraction of sp³-hybridized carbons (Fsp3) is 0.120. The number of aromatic nitrogens is 3. The van der Waals surface area contributed by atoms with Crippen molar-refractivity contribution in [1.82, 2.24) is 20.2 Å². The maximum atomic E-state index is 12.4. The molecule has 0 aliphatic rings. The number of hydrazone groups is 1. The van der Waals surface area contributed by atoms with Gasteiger partial charge in [0.05, 0.1) is 18.6 Å². The number of amides is 1. The third-order valence-corrected chi connectivity index (χ3v) is 5.74. The first-order valence-electron chi connectivity index (χ1n) is 10.8. The molecule has 0 fully saturated rings. The van der Waals surface area contributed by atoms with Gasteiger partial charge in [0.2, 0.25) is 0 Å². The Morgan fingerprint density at radius 2 is 1.86 bits per heavy atom. The lowest BCUT2D eigenvalue weighted by atomic mass is 10.2. The van der Waals surface area contributed by atoms with Gasteiger partial charge in [-0.05, 0) is 43.3 Å². The topological polar surface area (TPSA) is 122 Å². The number of carbonyl (C=O) groups is 1. The average molecular weight is 490 g/mol. The van der Waals surface area contributed by atoms with Crippen molar-refractivity contribution in [3.8, 4) is 34.3 Å². The van der Waals surface area contributed by atoms with Crippen molar-refractivity contribution < 1.29 is 19.7 Å². The third kappa shape index (κ3) is 5.98. The van der Waals surface area contributed by atoms with Gasteiger partial charge in [-0.1, -0.05) is 42.1 Å². The Bertz CT molecular complexity index is 1320. The highest BCUT2D eigenvalue weighted by Gasteiger charge is 2.17. The first kappa shape index (κ1) is 23.8. The summed E-state index contributed by atoms with van der Waals surface area (Å²) in [5, 5.41) is 32.2. The second-order valence-electron chi connectivity index (χ2n) is 7.26. The summed E-state index contributed by atoms with van der Waals surface area (Å²) in [6, 6.07) is 21.4. The van der Waals surface area contributed by atoms with E-state index in [0.29, 0.717) is 23.2 Å². The van der Waals surface area contributed by atoms with Gasteiger partial charge in [0.25, 0.3) is 5.91 Å². The van der Waals surface area contributed by atoms with Crippen LogP contribution in [0.4, 0.5) is 0 Å². The summed E-state index contributed by atoms with van der Waals surface area (Å²) < 4.78 is 7.43. The van der Waals surface area contributed by atoms with Crippen LogP contribution in [0.2, 0.25) is 0 Å². The van der Waals surface area contributed by atoms with Crippen LogP contribution >= 0.6 is 11.8 Å². The molecule has 4 rings (SSSR count). The quantitative estimate of drug-likeness (QED) is 0.185. The summed E-state index contributed by atoms with van der Waals surface area (Å²) in [5.41, 5.74) is 4.51. The SMILES string of the molecule is CCOc1ccc(-n2c(SCC(=O)NN=Cc3ccc(O)cc3O)nnc2-c2ccccc2)cc1. The van der Waals surface area contributed by atoms with E-state index >= 15 is 0 Å². The zero-order chi connectivity index (χ0) is 24.6. The number of hydrogen-bond donors (Lipinski definition) is 3. The highest BCUT2D eigenvalue weighted by Crippen LogP contribution is 2.29. The minimum atomic E-state index is -0.355. The summed E-state index contributed by atoms with van der Waals surface area (Å²) in [6.07, 6.45) is 1.30. The van der Waals surface area contributed by atoms with Crippen LogP contribution in [0.15, 0.2) is 83.1 Å². The predicted molar refractivity (Wildman–Crippen MR) is 134 cm³/mol. The molecular formula is C25H23N5O4S. The van der Waals surface area contributed by atoms with Crippen molar-refractivity contribution in [2.45, 2.75) is 12.1 Å². The first-order chi connectivity index (χ1) is 17.0. The maximum Gasteiger partial charge on any atom is 0.250 e. The molecule has 0 aliphatic carbocycles. The van der Waals surface area contributed by atoms with E-state index in [9.17, 15) is 15.0 Å². The molecule has 10 heteroatoms. The highest BCUT2D eigenvalue weighted by molar-refractivity contribution is 7.99. The molecule has 4 aromatic rings. The Kier molecular flexibility index (Phi) is 7.63. The molecule has 178 valence electrons. The van der Waals surface area contributed by atoms with Gasteiger partial charge in [-0.2, -0.15) is 5.10 Å². The molecule has 1 amide bonds. The molecule has 0 unspecified atom stereocenters. The molecular weight excluding hydrogens is 466 g/mol. The van der Waals surface area contributed by atoms with Gasteiger partial charge in [0.15, 0.2) is 11.0 Å². The van der Waals surface area contributed by atoms with Crippen LogP contribution in [-0.2, 0) is 4.79 Å². The number of rotatable bonds is 9. The lowest BCUT2D eigenvalue weighted by molar-refractivity contribution is -0.118. The van der Waals surface area contributed by atoms with Crippen LogP contribution in [0.25, 0.3) is 17.1 Å². The standard InChI is InChI=1S/C25H23N5O4S/c1-2-34-21-12-9-19(10-13-21)30-24(17-6-4-3-5-7-17)28-29-25(30)35-16-23(33)27-26-15-18-8-11-20(31)14-22(18)32/h3-15,31-32H,2,16H2,1H3,(H,27,33). The van der Waals surface area contributed by atoms with Crippen LogP contribution in [0.5, 0.6) is 17.2 Å². The second-order valence-corrected chi connectivity index (χ2v) is 8.20. The molecule has 3 N–H and O–H groups in total. The number of phenolic OH excluding ortho intramolecular Hbond substituents is 2. The van der Waals surface area contributed by atoms with Gasteiger partial charge in [0, 0.05) is 22.9 Å². The Labute approximate surface area is 206 Å². The fourth-order valence-corrected chi connectivity index (χ4v) is 3.95. The van der Waals surface area contributed by atoms with Gasteiger partial charge in [-0.15, -0.1) is 10.2 Å². The van der Waals surface area contributed by atoms with E-state index in [2.05, 4.69) is 20.7 Å². The zero-order valence-corrected chi connectivity index (χ0v) is 19.6. The van der Waals surface area contributed by atoms with Crippen molar-refractivity contribution >= 4 is 23.9 Å². The summed E-state index contributed by atoms with van der Waals surface area (Å²) in [4.78, 5) is 12.4. The Morgan fingerprint density at radius 3 is 2.57 bits per heavy atom. The van der Waals surface area contributed by atoms with E-state index < -0.39 is 0 Å². The summed E-state index contributed by atoms with van der Waals surface area (Å²) in [7, 11) is 0. The van der Waals surface area contributed by atoms with Crippen molar-refractivity contribution in [3.63, 3.8) is 0 Å². The van der Waals surface area contributed by atoms with Crippen molar-refractivity contribution in [1.29, 1.82) is 0 Å². The average Bonchev–Trinajstić information content (AvgIpc) is 3.29. The monoisotopic (exact) mass is 489 g/mol. The van der Waals surface area contributed by atoms with Crippen molar-refractivity contribution in [2.24, 2.45) is 5.10 Å². The number of hydrogen-bond acceptors (Lipinski definition) is 8. The molecule has 9 nitrogen and oxygen atoms in total. The van der Waals surface area contributed by atoms with Gasteiger partial charge < -0.3 is 14.9 Å². The predicted octanol–water partition coefficient (Wildman–Crippen LogP) is 3.99. The zero-order valence-electron chi connectivity index (χ0n) is 18.8. The number of phenols is 2. The number of nitrogens with zero attached hydrogens (tertiary/aromatic N) is 4. The number of thioether (sulfide) groups is 1. The molecule has 0 atom stereocenters. The van der Waals surface area contributed by atoms with Crippen molar-refractivity contribution in [2.75, 3.05) is 12.4 Å². The van der Waals surface area contributed by atoms with E-state index in [1.165, 1.54) is 36.2 Å². The largest absolute Gasteiger partial charge is 0.508 e. The van der Waals surface area contributed by atoms with E-state index in [1.54, 1.807) is 0 Å². The normalized spacial score (nSPS) is 11.0. The van der Waals surface area contributed by atoms with Crippen LogP contribution in [-0.4, -0.2) is 49.5 Å². The molecule has 1 aromatic heterocycles. The molecule has 0 saturated heterocycles. The minimum Gasteiger partial charge on any atom is -0.508 e. The number of ether oxygens (including phenoxy) is 1. The van der Waals surface area contributed by atoms with Gasteiger partial charge >= 0.3 is 0 Å². The number of nitrogens with one attached hydrogen (secondary N) is 1. The Balaban J connectivity index is 1.50. The Morgan fingerprint density at radius 1 is 1.09 bits per heavy atom. The molecule has 35 heavy (non-hydrogen) atoms. The molecule has 0 aliphatic heterocycles. The Hall–Kier alpha value is -4.31. The molecule has 0 radical (unpaired) electrons. The van der Waals surface area contributed by atoms with E-state index in [1.807, 2.05) is 66.1 Å². The second kappa shape index (κ2) is 11.2. The smallest absolute Gasteiger partial charge is 0.250 e. The maximum absolute atomic E-state index is 12.4. The molecule has 3 aromatic carbocycles. The number of aromatic hydroxyl groups is 2. The number of benzene rings is 3. The summed E-state index contributed by atoms with van der Waals surface area (Å²) in [6.45, 7) is 2.50. The molecule has 0 bridgehead atoms. The fourth-order valence-electron chi connectivity index (χ4n) is 3.21.